The van der Waals surface area contributed by atoms with Crippen LogP contribution in [0, 0.1) is 5.82 Å². The molecule has 0 aliphatic rings. The maximum absolute atomic E-state index is 13.1. The maximum Gasteiger partial charge on any atom is 0.261 e. The Labute approximate surface area is 173 Å². The number of carbonyl (C=O) groups excluding carboxylic acids is 1. The van der Waals surface area contributed by atoms with Crippen LogP contribution in [0.25, 0.3) is 0 Å². The zero-order valence-corrected chi connectivity index (χ0v) is 17.2. The first-order chi connectivity index (χ1) is 13.9. The fourth-order valence-corrected chi connectivity index (χ4v) is 4.10. The van der Waals surface area contributed by atoms with E-state index < -0.39 is 21.7 Å². The lowest BCUT2D eigenvalue weighted by Gasteiger charge is -2.13. The smallest absolute Gasteiger partial charge is 0.261 e. The number of benzene rings is 3. The standard InChI is InChI=1S/C21H19FN2O3S2/c1-28-17-10-6-15(7-11-17)14-23-21(25)19-4-2-3-5-20(19)24-29(26,27)18-12-8-16(22)9-13-18/h2-13,24H,14H2,1H3,(H,23,25). The highest BCUT2D eigenvalue weighted by atomic mass is 32.2. The molecule has 0 aliphatic heterocycles. The number of sulfonamides is 1. The molecule has 0 saturated heterocycles. The van der Waals surface area contributed by atoms with Gasteiger partial charge in [0.05, 0.1) is 16.1 Å². The first kappa shape index (κ1) is 20.9. The van der Waals surface area contributed by atoms with Crippen molar-refractivity contribution >= 4 is 33.4 Å². The zero-order chi connectivity index (χ0) is 20.9. The van der Waals surface area contributed by atoms with Crippen molar-refractivity contribution in [2.45, 2.75) is 16.3 Å². The van der Waals surface area contributed by atoms with Crippen molar-refractivity contribution in [1.29, 1.82) is 0 Å². The minimum Gasteiger partial charge on any atom is -0.348 e. The summed E-state index contributed by atoms with van der Waals surface area (Å²) in [5.41, 5.74) is 1.27. The van der Waals surface area contributed by atoms with E-state index in [2.05, 4.69) is 10.0 Å². The van der Waals surface area contributed by atoms with Crippen molar-refractivity contribution in [2.24, 2.45) is 0 Å². The van der Waals surface area contributed by atoms with E-state index in [0.717, 1.165) is 22.6 Å². The third-order valence-electron chi connectivity index (χ3n) is 4.15. The highest BCUT2D eigenvalue weighted by molar-refractivity contribution is 7.98. The quantitative estimate of drug-likeness (QED) is 0.549. The van der Waals surface area contributed by atoms with Crippen LogP contribution in [0.1, 0.15) is 15.9 Å². The summed E-state index contributed by atoms with van der Waals surface area (Å²) in [7, 11) is -3.96. The van der Waals surface area contributed by atoms with Gasteiger partial charge in [-0.1, -0.05) is 24.3 Å². The maximum atomic E-state index is 13.1. The molecule has 0 saturated carbocycles. The molecule has 0 radical (unpaired) electrons. The molecule has 0 heterocycles. The van der Waals surface area contributed by atoms with Gasteiger partial charge in [-0.05, 0) is 60.4 Å². The summed E-state index contributed by atoms with van der Waals surface area (Å²) in [6, 6.07) is 18.6. The van der Waals surface area contributed by atoms with E-state index in [-0.39, 0.29) is 16.1 Å². The first-order valence-corrected chi connectivity index (χ1v) is 11.4. The number of carbonyl (C=O) groups is 1. The van der Waals surface area contributed by atoms with Crippen LogP contribution in [0.15, 0.2) is 82.6 Å². The molecule has 8 heteroatoms. The van der Waals surface area contributed by atoms with Crippen LogP contribution in [-0.2, 0) is 16.6 Å². The van der Waals surface area contributed by atoms with Crippen LogP contribution in [0.5, 0.6) is 0 Å². The van der Waals surface area contributed by atoms with Gasteiger partial charge in [-0.25, -0.2) is 12.8 Å². The molecule has 0 atom stereocenters. The monoisotopic (exact) mass is 430 g/mol. The molecule has 1 amide bonds. The Morgan fingerprint density at radius 1 is 0.966 bits per heavy atom. The van der Waals surface area contributed by atoms with Gasteiger partial charge in [-0.15, -0.1) is 11.8 Å². The second-order valence-electron chi connectivity index (χ2n) is 6.14. The van der Waals surface area contributed by atoms with Crippen LogP contribution >= 0.6 is 11.8 Å². The van der Waals surface area contributed by atoms with E-state index in [1.54, 1.807) is 23.9 Å². The van der Waals surface area contributed by atoms with Crippen molar-refractivity contribution in [1.82, 2.24) is 5.32 Å². The van der Waals surface area contributed by atoms with E-state index in [1.807, 2.05) is 30.5 Å². The Kier molecular flexibility index (Phi) is 6.56. The molecule has 3 rings (SSSR count). The van der Waals surface area contributed by atoms with Crippen LogP contribution in [-0.4, -0.2) is 20.6 Å². The average molecular weight is 431 g/mol. The molecule has 3 aromatic carbocycles. The number of nitrogens with one attached hydrogen (secondary N) is 2. The molecule has 150 valence electrons. The molecular weight excluding hydrogens is 411 g/mol. The van der Waals surface area contributed by atoms with Gasteiger partial charge in [-0.3, -0.25) is 9.52 Å². The average Bonchev–Trinajstić information content (AvgIpc) is 2.73. The molecular formula is C21H19FN2O3S2. The molecule has 0 aliphatic carbocycles. The number of halogens is 1. The Morgan fingerprint density at radius 3 is 2.28 bits per heavy atom. The van der Waals surface area contributed by atoms with E-state index in [1.165, 1.54) is 24.3 Å². The summed E-state index contributed by atoms with van der Waals surface area (Å²) in [4.78, 5) is 13.7. The van der Waals surface area contributed by atoms with Crippen LogP contribution in [0.2, 0.25) is 0 Å². The van der Waals surface area contributed by atoms with E-state index in [0.29, 0.717) is 6.54 Å². The van der Waals surface area contributed by atoms with Gasteiger partial charge in [0.15, 0.2) is 0 Å². The van der Waals surface area contributed by atoms with E-state index in [4.69, 9.17) is 0 Å². The highest BCUT2D eigenvalue weighted by Gasteiger charge is 2.18. The number of hydrogen-bond donors (Lipinski definition) is 2. The van der Waals surface area contributed by atoms with Gasteiger partial charge in [-0.2, -0.15) is 0 Å². The van der Waals surface area contributed by atoms with Crippen molar-refractivity contribution in [3.05, 3.63) is 89.7 Å². The summed E-state index contributed by atoms with van der Waals surface area (Å²) in [5.74, 6) is -0.939. The lowest BCUT2D eigenvalue weighted by molar-refractivity contribution is 0.0952. The van der Waals surface area contributed by atoms with E-state index in [9.17, 15) is 17.6 Å². The summed E-state index contributed by atoms with van der Waals surface area (Å²) < 4.78 is 40.6. The number of anilines is 1. The van der Waals surface area contributed by atoms with Crippen molar-refractivity contribution in [3.63, 3.8) is 0 Å². The van der Waals surface area contributed by atoms with Gasteiger partial charge in [0.25, 0.3) is 15.9 Å². The summed E-state index contributed by atoms with van der Waals surface area (Å²) in [6.07, 6.45) is 1.99. The number of para-hydroxylation sites is 1. The minimum atomic E-state index is -3.96. The van der Waals surface area contributed by atoms with Crippen molar-refractivity contribution in [2.75, 3.05) is 11.0 Å². The second kappa shape index (κ2) is 9.11. The summed E-state index contributed by atoms with van der Waals surface area (Å²) in [6.45, 7) is 0.312. The number of amides is 1. The van der Waals surface area contributed by atoms with Gasteiger partial charge in [0.2, 0.25) is 0 Å². The second-order valence-corrected chi connectivity index (χ2v) is 8.70. The molecule has 0 fully saturated rings. The summed E-state index contributed by atoms with van der Waals surface area (Å²) in [5, 5.41) is 2.80. The molecule has 0 aromatic heterocycles. The Hall–Kier alpha value is -2.84. The molecule has 0 unspecified atom stereocenters. The molecule has 3 aromatic rings. The third kappa shape index (κ3) is 5.36. The van der Waals surface area contributed by atoms with Crippen LogP contribution in [0.4, 0.5) is 10.1 Å². The largest absolute Gasteiger partial charge is 0.348 e. The molecule has 29 heavy (non-hydrogen) atoms. The predicted molar refractivity (Wildman–Crippen MR) is 113 cm³/mol. The Bertz CT molecular complexity index is 1100. The van der Waals surface area contributed by atoms with Gasteiger partial charge in [0.1, 0.15) is 5.82 Å². The Morgan fingerprint density at radius 2 is 1.62 bits per heavy atom. The highest BCUT2D eigenvalue weighted by Crippen LogP contribution is 2.21. The van der Waals surface area contributed by atoms with Crippen LogP contribution in [0.3, 0.4) is 0 Å². The first-order valence-electron chi connectivity index (χ1n) is 8.67. The number of rotatable bonds is 7. The number of hydrogen-bond acceptors (Lipinski definition) is 4. The van der Waals surface area contributed by atoms with Gasteiger partial charge in [0, 0.05) is 11.4 Å². The number of thioether (sulfide) groups is 1. The van der Waals surface area contributed by atoms with E-state index >= 15 is 0 Å². The lowest BCUT2D eigenvalue weighted by atomic mass is 10.1. The fourth-order valence-electron chi connectivity index (χ4n) is 2.61. The zero-order valence-electron chi connectivity index (χ0n) is 15.6. The normalized spacial score (nSPS) is 11.1. The van der Waals surface area contributed by atoms with Crippen molar-refractivity contribution < 1.29 is 17.6 Å². The van der Waals surface area contributed by atoms with Gasteiger partial charge >= 0.3 is 0 Å². The topological polar surface area (TPSA) is 75.3 Å². The summed E-state index contributed by atoms with van der Waals surface area (Å²) >= 11 is 1.63. The Balaban J connectivity index is 1.75. The molecule has 5 nitrogen and oxygen atoms in total. The van der Waals surface area contributed by atoms with Gasteiger partial charge < -0.3 is 5.32 Å². The SMILES string of the molecule is CSc1ccc(CNC(=O)c2ccccc2NS(=O)(=O)c2ccc(F)cc2)cc1. The predicted octanol–water partition coefficient (Wildman–Crippen LogP) is 4.28. The third-order valence-corrected chi connectivity index (χ3v) is 6.28. The minimum absolute atomic E-state index is 0.0944. The lowest BCUT2D eigenvalue weighted by Crippen LogP contribution is -2.25. The molecule has 0 spiro atoms. The van der Waals surface area contributed by atoms with Crippen molar-refractivity contribution in [3.8, 4) is 0 Å². The molecule has 2 N–H and O–H groups in total. The molecule has 0 bridgehead atoms. The van der Waals surface area contributed by atoms with Crippen LogP contribution < -0.4 is 10.0 Å². The fraction of sp³-hybridized carbons (Fsp3) is 0.0952.